The van der Waals surface area contributed by atoms with Crippen LogP contribution in [0.1, 0.15) is 70.3 Å². The number of carbonyl (C=O) groups excluding carboxylic acids is 2. The van der Waals surface area contributed by atoms with Gasteiger partial charge < -0.3 is 11.1 Å². The maximum Gasteiger partial charge on any atom is 0.256 e. The van der Waals surface area contributed by atoms with Crippen LogP contribution in [-0.4, -0.2) is 11.8 Å². The molecule has 1 aliphatic carbocycles. The van der Waals surface area contributed by atoms with E-state index in [2.05, 4.69) is 26.1 Å². The summed E-state index contributed by atoms with van der Waals surface area (Å²) in [5.74, 6) is -0.0866. The quantitative estimate of drug-likeness (QED) is 0.765. The molecule has 0 radical (unpaired) electrons. The van der Waals surface area contributed by atoms with Gasteiger partial charge in [0.25, 0.3) is 11.8 Å². The number of primary amides is 1. The van der Waals surface area contributed by atoms with Gasteiger partial charge >= 0.3 is 0 Å². The zero-order valence-corrected chi connectivity index (χ0v) is 17.3. The molecular weight excluding hydrogens is 356 g/mol. The van der Waals surface area contributed by atoms with Gasteiger partial charge in [-0.1, -0.05) is 44.9 Å². The first-order valence-corrected chi connectivity index (χ1v) is 10.4. The van der Waals surface area contributed by atoms with Gasteiger partial charge in [-0.05, 0) is 55.2 Å². The van der Waals surface area contributed by atoms with Crippen LogP contribution in [-0.2, 0) is 12.8 Å². The van der Waals surface area contributed by atoms with Gasteiger partial charge in [0.05, 0.1) is 5.56 Å². The Kier molecular flexibility index (Phi) is 5.43. The molecule has 5 heteroatoms. The molecule has 0 saturated heterocycles. The average molecular weight is 385 g/mol. The van der Waals surface area contributed by atoms with E-state index < -0.39 is 5.91 Å². The summed E-state index contributed by atoms with van der Waals surface area (Å²) in [4.78, 5) is 26.0. The van der Waals surface area contributed by atoms with E-state index in [1.54, 1.807) is 12.1 Å². The Morgan fingerprint density at radius 1 is 1.26 bits per heavy atom. The first-order valence-electron chi connectivity index (χ1n) is 9.55. The highest BCUT2D eigenvalue weighted by molar-refractivity contribution is 7.17. The Labute approximate surface area is 165 Å². The molecule has 2 amide bonds. The topological polar surface area (TPSA) is 72.2 Å². The van der Waals surface area contributed by atoms with Gasteiger partial charge in [0, 0.05) is 10.4 Å². The lowest BCUT2D eigenvalue weighted by atomic mass is 9.69. The van der Waals surface area contributed by atoms with E-state index in [9.17, 15) is 9.59 Å². The van der Waals surface area contributed by atoms with Crippen molar-refractivity contribution in [1.29, 1.82) is 0 Å². The minimum Gasteiger partial charge on any atom is -0.365 e. The van der Waals surface area contributed by atoms with Crippen LogP contribution < -0.4 is 11.1 Å². The lowest BCUT2D eigenvalue weighted by Gasteiger charge is -2.36. The monoisotopic (exact) mass is 384 g/mol. The van der Waals surface area contributed by atoms with E-state index >= 15 is 0 Å². The highest BCUT2D eigenvalue weighted by Crippen LogP contribution is 2.45. The van der Waals surface area contributed by atoms with E-state index in [1.165, 1.54) is 16.2 Å². The van der Waals surface area contributed by atoms with Crippen LogP contribution in [0, 0.1) is 18.3 Å². The lowest BCUT2D eigenvalue weighted by molar-refractivity contribution is 0.0999. The van der Waals surface area contributed by atoms with E-state index in [0.717, 1.165) is 36.8 Å². The average Bonchev–Trinajstić information content (AvgIpc) is 2.99. The largest absolute Gasteiger partial charge is 0.365 e. The highest BCUT2D eigenvalue weighted by Gasteiger charge is 2.35. The molecule has 0 spiro atoms. The predicted octanol–water partition coefficient (Wildman–Crippen LogP) is 4.95. The molecule has 144 valence electrons. The number of nitrogens with two attached hydrogens (primary N) is 1. The van der Waals surface area contributed by atoms with E-state index in [-0.39, 0.29) is 11.3 Å². The first kappa shape index (κ1) is 19.6. The van der Waals surface area contributed by atoms with Crippen LogP contribution in [0.4, 0.5) is 5.00 Å². The van der Waals surface area contributed by atoms with Gasteiger partial charge in [0.2, 0.25) is 0 Å². The Morgan fingerprint density at radius 2 is 1.93 bits per heavy atom. The fraction of sp³-hybridized carbons (Fsp3) is 0.455. The van der Waals surface area contributed by atoms with Crippen LogP contribution >= 0.6 is 11.3 Å². The molecule has 1 aromatic heterocycles. The summed E-state index contributed by atoms with van der Waals surface area (Å²) in [6.45, 7) is 8.83. The molecule has 3 rings (SSSR count). The molecule has 1 aromatic carbocycles. The van der Waals surface area contributed by atoms with Gasteiger partial charge in [0.1, 0.15) is 5.00 Å². The van der Waals surface area contributed by atoms with Crippen LogP contribution in [0.2, 0.25) is 0 Å². The Bertz CT molecular complexity index is 865. The summed E-state index contributed by atoms with van der Waals surface area (Å²) in [6.07, 6.45) is 3.97. The number of aryl methyl sites for hydroxylation is 1. The number of thiophene rings is 1. The van der Waals surface area contributed by atoms with Gasteiger partial charge in [-0.2, -0.15) is 0 Å². The standard InChI is InChI=1S/C22H28N2O2S/c1-5-22(3,4)15-10-11-16-17(12-15)27-21(18(16)19(23)25)24-20(26)14-8-6-13(2)7-9-14/h6-9,15H,5,10-12H2,1-4H3,(H2,23,25)(H,24,26). The predicted molar refractivity (Wildman–Crippen MR) is 112 cm³/mol. The van der Waals surface area contributed by atoms with Crippen molar-refractivity contribution in [3.05, 3.63) is 51.4 Å². The molecule has 1 heterocycles. The number of rotatable bonds is 5. The molecule has 1 unspecified atom stereocenters. The fourth-order valence-electron chi connectivity index (χ4n) is 3.77. The molecule has 1 atom stereocenters. The number of hydrogen-bond acceptors (Lipinski definition) is 3. The van der Waals surface area contributed by atoms with Crippen molar-refractivity contribution in [3.8, 4) is 0 Å². The summed E-state index contributed by atoms with van der Waals surface area (Å²) in [7, 11) is 0. The Balaban J connectivity index is 1.90. The number of amides is 2. The second-order valence-electron chi connectivity index (χ2n) is 8.17. The third-order valence-corrected chi connectivity index (χ3v) is 7.24. The second kappa shape index (κ2) is 7.47. The zero-order chi connectivity index (χ0) is 19.8. The van der Waals surface area contributed by atoms with Crippen molar-refractivity contribution in [2.45, 2.75) is 53.4 Å². The normalized spacial score (nSPS) is 16.7. The summed E-state index contributed by atoms with van der Waals surface area (Å²) >= 11 is 1.51. The third kappa shape index (κ3) is 3.93. The second-order valence-corrected chi connectivity index (χ2v) is 9.28. The zero-order valence-electron chi connectivity index (χ0n) is 16.5. The Morgan fingerprint density at radius 3 is 2.52 bits per heavy atom. The summed E-state index contributed by atoms with van der Waals surface area (Å²) in [5, 5.41) is 3.52. The molecule has 1 aliphatic rings. The summed E-state index contributed by atoms with van der Waals surface area (Å²) in [5.41, 5.74) is 9.16. The highest BCUT2D eigenvalue weighted by atomic mass is 32.1. The minimum atomic E-state index is -0.458. The minimum absolute atomic E-state index is 0.207. The van der Waals surface area contributed by atoms with E-state index in [4.69, 9.17) is 5.73 Å². The molecule has 0 aliphatic heterocycles. The van der Waals surface area contributed by atoms with Crippen LogP contribution in [0.3, 0.4) is 0 Å². The van der Waals surface area contributed by atoms with Crippen molar-refractivity contribution in [1.82, 2.24) is 0 Å². The van der Waals surface area contributed by atoms with E-state index in [0.29, 0.717) is 22.0 Å². The number of anilines is 1. The number of fused-ring (bicyclic) bond motifs is 1. The molecular formula is C22H28N2O2S. The van der Waals surface area contributed by atoms with Gasteiger partial charge in [-0.3, -0.25) is 9.59 Å². The van der Waals surface area contributed by atoms with Crippen LogP contribution in [0.5, 0.6) is 0 Å². The number of nitrogens with one attached hydrogen (secondary N) is 1. The molecule has 0 saturated carbocycles. The number of benzene rings is 1. The molecule has 0 bridgehead atoms. The fourth-order valence-corrected chi connectivity index (χ4v) is 5.10. The van der Waals surface area contributed by atoms with Crippen molar-refractivity contribution in [2.24, 2.45) is 17.1 Å². The SMILES string of the molecule is CCC(C)(C)C1CCc2c(sc(NC(=O)c3ccc(C)cc3)c2C(N)=O)C1. The lowest BCUT2D eigenvalue weighted by Crippen LogP contribution is -2.29. The molecule has 0 fully saturated rings. The maximum atomic E-state index is 12.6. The smallest absolute Gasteiger partial charge is 0.256 e. The van der Waals surface area contributed by atoms with Crippen molar-refractivity contribution in [3.63, 3.8) is 0 Å². The number of hydrogen-bond donors (Lipinski definition) is 2. The first-order chi connectivity index (χ1) is 12.7. The Hall–Kier alpha value is -2.14. The van der Waals surface area contributed by atoms with Crippen molar-refractivity contribution in [2.75, 3.05) is 5.32 Å². The molecule has 2 aromatic rings. The summed E-state index contributed by atoms with van der Waals surface area (Å²) < 4.78 is 0. The van der Waals surface area contributed by atoms with Crippen LogP contribution in [0.25, 0.3) is 0 Å². The van der Waals surface area contributed by atoms with Crippen molar-refractivity contribution < 1.29 is 9.59 Å². The number of carbonyl (C=O) groups is 2. The van der Waals surface area contributed by atoms with Gasteiger partial charge in [-0.15, -0.1) is 11.3 Å². The summed E-state index contributed by atoms with van der Waals surface area (Å²) in [6, 6.07) is 7.39. The molecule has 4 nitrogen and oxygen atoms in total. The van der Waals surface area contributed by atoms with Gasteiger partial charge in [0.15, 0.2) is 0 Å². The third-order valence-electron chi connectivity index (χ3n) is 6.07. The van der Waals surface area contributed by atoms with E-state index in [1.807, 2.05) is 19.1 Å². The van der Waals surface area contributed by atoms with Gasteiger partial charge in [-0.25, -0.2) is 0 Å². The molecule has 27 heavy (non-hydrogen) atoms. The molecule has 3 N–H and O–H groups in total. The van der Waals surface area contributed by atoms with Crippen molar-refractivity contribution >= 4 is 28.2 Å². The van der Waals surface area contributed by atoms with Crippen LogP contribution in [0.15, 0.2) is 24.3 Å². The maximum absolute atomic E-state index is 12.6.